The maximum atomic E-state index is 5.69. The van der Waals surface area contributed by atoms with Crippen LogP contribution in [-0.2, 0) is 6.42 Å². The fourth-order valence-electron chi connectivity index (χ4n) is 1.91. The van der Waals surface area contributed by atoms with Crippen molar-refractivity contribution in [2.24, 2.45) is 0 Å². The zero-order chi connectivity index (χ0) is 12.3. The molecule has 3 N–H and O–H groups in total. The number of rotatable bonds is 4. The second-order valence-corrected chi connectivity index (χ2v) is 4.28. The average molecular weight is 230 g/mol. The summed E-state index contributed by atoms with van der Waals surface area (Å²) in [6.07, 6.45) is 4.63. The Labute approximate surface area is 101 Å². The molecule has 0 aliphatic heterocycles. The van der Waals surface area contributed by atoms with Crippen LogP contribution in [0.5, 0.6) is 0 Å². The van der Waals surface area contributed by atoms with Crippen LogP contribution in [0.4, 0.5) is 11.5 Å². The fraction of sp³-hybridized carbons (Fsp3) is 0.308. The van der Waals surface area contributed by atoms with Crippen LogP contribution >= 0.6 is 0 Å². The van der Waals surface area contributed by atoms with Crippen molar-refractivity contribution in [3.8, 4) is 0 Å². The number of nitrogens with one attached hydrogen (secondary N) is 1. The number of anilines is 2. The van der Waals surface area contributed by atoms with E-state index < -0.39 is 0 Å². The van der Waals surface area contributed by atoms with Gasteiger partial charge in [-0.1, -0.05) is 0 Å². The molecule has 0 saturated carbocycles. The molecule has 0 saturated heterocycles. The molecule has 90 valence electrons. The summed E-state index contributed by atoms with van der Waals surface area (Å²) in [4.78, 5) is 9.72. The Morgan fingerprint density at radius 2 is 2.29 bits per heavy atom. The lowest BCUT2D eigenvalue weighted by molar-refractivity contribution is 0.840. The van der Waals surface area contributed by atoms with Crippen LogP contribution in [-0.4, -0.2) is 23.6 Å². The molecule has 17 heavy (non-hydrogen) atoms. The first-order valence-corrected chi connectivity index (χ1v) is 5.72. The molecule has 0 radical (unpaired) electrons. The van der Waals surface area contributed by atoms with Gasteiger partial charge in [0.2, 0.25) is 0 Å². The van der Waals surface area contributed by atoms with Crippen molar-refractivity contribution in [1.82, 2.24) is 9.97 Å². The van der Waals surface area contributed by atoms with Gasteiger partial charge in [-0.25, -0.2) is 4.98 Å². The van der Waals surface area contributed by atoms with E-state index in [0.29, 0.717) is 5.69 Å². The van der Waals surface area contributed by atoms with E-state index in [1.165, 1.54) is 5.69 Å². The van der Waals surface area contributed by atoms with Crippen molar-refractivity contribution in [2.75, 3.05) is 24.2 Å². The summed E-state index contributed by atoms with van der Waals surface area (Å²) in [7, 11) is 2.05. The molecular weight excluding hydrogens is 212 g/mol. The van der Waals surface area contributed by atoms with Crippen LogP contribution < -0.4 is 10.6 Å². The van der Waals surface area contributed by atoms with Gasteiger partial charge in [0.15, 0.2) is 0 Å². The van der Waals surface area contributed by atoms with E-state index in [2.05, 4.69) is 28.0 Å². The Balaban J connectivity index is 2.01. The summed E-state index contributed by atoms with van der Waals surface area (Å²) < 4.78 is 0. The van der Waals surface area contributed by atoms with Crippen molar-refractivity contribution in [1.29, 1.82) is 0 Å². The quantitative estimate of drug-likeness (QED) is 0.844. The minimum atomic E-state index is 0.712. The molecule has 2 rings (SSSR count). The summed E-state index contributed by atoms with van der Waals surface area (Å²) in [6.45, 7) is 2.96. The second-order valence-electron chi connectivity index (χ2n) is 4.28. The van der Waals surface area contributed by atoms with Gasteiger partial charge in [0.1, 0.15) is 5.82 Å². The van der Waals surface area contributed by atoms with Gasteiger partial charge in [0.05, 0.1) is 11.9 Å². The van der Waals surface area contributed by atoms with Gasteiger partial charge >= 0.3 is 0 Å². The summed E-state index contributed by atoms with van der Waals surface area (Å²) in [6, 6.07) is 6.06. The third-order valence-corrected chi connectivity index (χ3v) is 2.81. The number of aromatic amines is 1. The molecule has 4 nitrogen and oxygen atoms in total. The van der Waals surface area contributed by atoms with Crippen LogP contribution in [0.1, 0.15) is 11.3 Å². The van der Waals surface area contributed by atoms with Crippen LogP contribution in [0.2, 0.25) is 0 Å². The third kappa shape index (κ3) is 2.78. The highest BCUT2D eigenvalue weighted by Gasteiger charge is 2.06. The first kappa shape index (κ1) is 11.5. The first-order chi connectivity index (χ1) is 8.16. The summed E-state index contributed by atoms with van der Waals surface area (Å²) in [5.41, 5.74) is 8.76. The van der Waals surface area contributed by atoms with Crippen LogP contribution in [0.25, 0.3) is 0 Å². The number of nitrogen functional groups attached to an aromatic ring is 1. The molecule has 0 aliphatic carbocycles. The highest BCUT2D eigenvalue weighted by atomic mass is 15.2. The number of H-pyrrole nitrogens is 1. The second kappa shape index (κ2) is 4.91. The number of hydrogen-bond acceptors (Lipinski definition) is 3. The maximum Gasteiger partial charge on any atom is 0.131 e. The predicted molar refractivity (Wildman–Crippen MR) is 71.2 cm³/mol. The van der Waals surface area contributed by atoms with E-state index in [0.717, 1.165) is 24.3 Å². The van der Waals surface area contributed by atoms with E-state index in [1.54, 1.807) is 6.20 Å². The van der Waals surface area contributed by atoms with E-state index in [1.807, 2.05) is 25.3 Å². The number of hydrogen-bond donors (Lipinski definition) is 2. The smallest absolute Gasteiger partial charge is 0.131 e. The monoisotopic (exact) mass is 230 g/mol. The minimum Gasteiger partial charge on any atom is -0.397 e. The van der Waals surface area contributed by atoms with Gasteiger partial charge in [-0.3, -0.25) is 0 Å². The lowest BCUT2D eigenvalue weighted by Crippen LogP contribution is -2.22. The predicted octanol–water partition coefficient (Wildman–Crippen LogP) is 1.98. The SMILES string of the molecule is Cc1cc(N)cnc1N(C)CCc1ccc[nH]1. The Kier molecular flexibility index (Phi) is 3.32. The molecule has 0 atom stereocenters. The zero-order valence-corrected chi connectivity index (χ0v) is 10.3. The Morgan fingerprint density at radius 1 is 1.47 bits per heavy atom. The number of aromatic nitrogens is 2. The molecule has 0 bridgehead atoms. The van der Waals surface area contributed by atoms with Crippen LogP contribution in [0, 0.1) is 6.92 Å². The largest absolute Gasteiger partial charge is 0.397 e. The van der Waals surface area contributed by atoms with Gasteiger partial charge in [-0.15, -0.1) is 0 Å². The van der Waals surface area contributed by atoms with Crippen molar-refractivity contribution < 1.29 is 0 Å². The molecular formula is C13H18N4. The molecule has 4 heteroatoms. The van der Waals surface area contributed by atoms with Crippen LogP contribution in [0.3, 0.4) is 0 Å². The molecule has 0 fully saturated rings. The fourth-order valence-corrected chi connectivity index (χ4v) is 1.91. The number of nitrogens with two attached hydrogens (primary N) is 1. The Hall–Kier alpha value is -1.97. The minimum absolute atomic E-state index is 0.712. The van der Waals surface area contributed by atoms with E-state index in [-0.39, 0.29) is 0 Å². The topological polar surface area (TPSA) is 57.9 Å². The molecule has 0 aliphatic rings. The Morgan fingerprint density at radius 3 is 2.94 bits per heavy atom. The van der Waals surface area contributed by atoms with Gasteiger partial charge < -0.3 is 15.6 Å². The zero-order valence-electron chi connectivity index (χ0n) is 10.3. The average Bonchev–Trinajstić information content (AvgIpc) is 2.78. The van der Waals surface area contributed by atoms with Gasteiger partial charge in [0, 0.05) is 31.9 Å². The molecule has 0 unspecified atom stereocenters. The molecule has 0 aromatic carbocycles. The third-order valence-electron chi connectivity index (χ3n) is 2.81. The van der Waals surface area contributed by atoms with Crippen LogP contribution in [0.15, 0.2) is 30.6 Å². The number of likely N-dealkylation sites (N-methyl/N-ethyl adjacent to an activating group) is 1. The standard InChI is InChI=1S/C13H18N4/c1-10-8-11(14)9-16-13(10)17(2)7-5-12-4-3-6-15-12/h3-4,6,8-9,15H,5,7,14H2,1-2H3. The summed E-state index contributed by atoms with van der Waals surface area (Å²) in [5.74, 6) is 0.991. The number of pyridine rings is 1. The van der Waals surface area contributed by atoms with Gasteiger partial charge in [-0.2, -0.15) is 0 Å². The first-order valence-electron chi connectivity index (χ1n) is 5.72. The van der Waals surface area contributed by atoms with Crippen molar-refractivity contribution in [2.45, 2.75) is 13.3 Å². The molecule has 2 heterocycles. The molecule has 0 spiro atoms. The molecule has 2 aromatic rings. The van der Waals surface area contributed by atoms with Crippen molar-refractivity contribution >= 4 is 11.5 Å². The van der Waals surface area contributed by atoms with E-state index in [9.17, 15) is 0 Å². The van der Waals surface area contributed by atoms with E-state index >= 15 is 0 Å². The Bertz CT molecular complexity index is 476. The molecule has 2 aromatic heterocycles. The lowest BCUT2D eigenvalue weighted by atomic mass is 10.2. The van der Waals surface area contributed by atoms with Crippen molar-refractivity contribution in [3.05, 3.63) is 41.9 Å². The van der Waals surface area contributed by atoms with Gasteiger partial charge in [0.25, 0.3) is 0 Å². The normalized spacial score (nSPS) is 10.5. The highest BCUT2D eigenvalue weighted by molar-refractivity contribution is 5.52. The van der Waals surface area contributed by atoms with Gasteiger partial charge in [-0.05, 0) is 30.7 Å². The summed E-state index contributed by atoms with van der Waals surface area (Å²) in [5, 5.41) is 0. The van der Waals surface area contributed by atoms with E-state index in [4.69, 9.17) is 5.73 Å². The molecule has 0 amide bonds. The number of nitrogens with zero attached hydrogens (tertiary/aromatic N) is 2. The highest BCUT2D eigenvalue weighted by Crippen LogP contribution is 2.17. The maximum absolute atomic E-state index is 5.69. The van der Waals surface area contributed by atoms with Crippen molar-refractivity contribution in [3.63, 3.8) is 0 Å². The number of aryl methyl sites for hydroxylation is 1. The lowest BCUT2D eigenvalue weighted by Gasteiger charge is -2.19. The summed E-state index contributed by atoms with van der Waals surface area (Å²) >= 11 is 0.